The summed E-state index contributed by atoms with van der Waals surface area (Å²) < 4.78 is 91.3. The molecule has 1 atom stereocenters. The summed E-state index contributed by atoms with van der Waals surface area (Å²) in [4.78, 5) is 20.9. The Morgan fingerprint density at radius 1 is 0.982 bits per heavy atom. The lowest BCUT2D eigenvalue weighted by Gasteiger charge is -2.36. The van der Waals surface area contributed by atoms with Gasteiger partial charge in [0.05, 0.1) is 12.0 Å². The quantitative estimate of drug-likeness (QED) is 0.152. The highest BCUT2D eigenvalue weighted by Gasteiger charge is 2.53. The minimum Gasteiger partial charge on any atom is -0.476 e. The van der Waals surface area contributed by atoms with Gasteiger partial charge in [-0.3, -0.25) is 14.1 Å². The molecule has 12 nitrogen and oxygen atoms in total. The van der Waals surface area contributed by atoms with Gasteiger partial charge >= 0.3 is 12.1 Å². The van der Waals surface area contributed by atoms with Crippen molar-refractivity contribution in [1.82, 2.24) is 28.8 Å². The van der Waals surface area contributed by atoms with E-state index in [1.165, 1.54) is 23.3 Å². The van der Waals surface area contributed by atoms with Crippen LogP contribution in [-0.2, 0) is 32.3 Å². The summed E-state index contributed by atoms with van der Waals surface area (Å²) in [6.45, 7) is 17.5. The average molecular weight is 813 g/mol. The van der Waals surface area contributed by atoms with E-state index in [9.17, 15) is 26.4 Å². The van der Waals surface area contributed by atoms with Gasteiger partial charge in [0.1, 0.15) is 22.7 Å². The Morgan fingerprint density at radius 2 is 1.68 bits per heavy atom. The molecular formula is C41H51F3N6O6S. The van der Waals surface area contributed by atoms with Crippen LogP contribution < -0.4 is 9.47 Å². The number of alkyl halides is 3. The largest absolute Gasteiger partial charge is 0.476 e. The first-order valence-electron chi connectivity index (χ1n) is 19.4. The smallest absolute Gasteiger partial charge is 0.452 e. The van der Waals surface area contributed by atoms with E-state index >= 15 is 0 Å². The predicted molar refractivity (Wildman–Crippen MR) is 206 cm³/mol. The summed E-state index contributed by atoms with van der Waals surface area (Å²) in [6, 6.07) is 8.74. The summed E-state index contributed by atoms with van der Waals surface area (Å²) in [5.41, 5.74) is 0.881. The van der Waals surface area contributed by atoms with E-state index in [1.54, 1.807) is 60.6 Å². The number of esters is 1. The predicted octanol–water partition coefficient (Wildman–Crippen LogP) is 7.16. The topological polar surface area (TPSA) is 128 Å². The highest BCUT2D eigenvalue weighted by molar-refractivity contribution is 7.89. The maximum absolute atomic E-state index is 14.6. The van der Waals surface area contributed by atoms with Crippen LogP contribution in [0.2, 0.25) is 0 Å². The van der Waals surface area contributed by atoms with Crippen LogP contribution in [0.1, 0.15) is 105 Å². The van der Waals surface area contributed by atoms with Crippen molar-refractivity contribution in [3.8, 4) is 11.8 Å². The minimum atomic E-state index is -4.73. The van der Waals surface area contributed by atoms with Gasteiger partial charge in [-0.05, 0) is 134 Å². The normalized spacial score (nSPS) is 18.9. The summed E-state index contributed by atoms with van der Waals surface area (Å²) >= 11 is 0. The molecule has 2 fully saturated rings. The molecule has 1 spiro atoms. The van der Waals surface area contributed by atoms with Gasteiger partial charge in [-0.1, -0.05) is 18.2 Å². The molecule has 1 aliphatic carbocycles. The van der Waals surface area contributed by atoms with Crippen LogP contribution in [0.4, 0.5) is 13.2 Å². The first kappa shape index (κ1) is 40.9. The number of halogens is 3. The number of likely N-dealkylation sites (tertiary alicyclic amines) is 1. The van der Waals surface area contributed by atoms with E-state index in [0.717, 1.165) is 29.6 Å². The maximum atomic E-state index is 14.6. The molecule has 4 aromatic rings. The molecule has 16 heteroatoms. The van der Waals surface area contributed by atoms with Crippen LogP contribution in [-0.4, -0.2) is 87.2 Å². The maximum Gasteiger partial charge on any atom is 0.452 e. The number of aryl methyl sites for hydroxylation is 3. The van der Waals surface area contributed by atoms with Gasteiger partial charge < -0.3 is 14.2 Å². The highest BCUT2D eigenvalue weighted by atomic mass is 32.2. The fraction of sp³-hybridized carbons (Fsp3) is 0.561. The van der Waals surface area contributed by atoms with Gasteiger partial charge in [-0.15, -0.1) is 10.2 Å². The molecule has 1 saturated heterocycles. The van der Waals surface area contributed by atoms with Crippen molar-refractivity contribution in [3.63, 3.8) is 0 Å². The fourth-order valence-electron chi connectivity index (χ4n) is 7.91. The summed E-state index contributed by atoms with van der Waals surface area (Å²) in [6.07, 6.45) is 0.192. The Kier molecular flexibility index (Phi) is 10.4. The number of benzene rings is 1. The number of fused-ring (bicyclic) bond motifs is 2. The van der Waals surface area contributed by atoms with Crippen LogP contribution in [0.15, 0.2) is 41.4 Å². The Hall–Kier alpha value is -4.28. The molecule has 0 bridgehead atoms. The van der Waals surface area contributed by atoms with Crippen molar-refractivity contribution in [2.24, 2.45) is 5.41 Å². The lowest BCUT2D eigenvalue weighted by atomic mass is 9.70. The van der Waals surface area contributed by atoms with Crippen molar-refractivity contribution in [1.29, 1.82) is 0 Å². The zero-order chi connectivity index (χ0) is 41.3. The Morgan fingerprint density at radius 3 is 2.33 bits per heavy atom. The lowest BCUT2D eigenvalue weighted by Crippen LogP contribution is -2.39. The van der Waals surface area contributed by atoms with Gasteiger partial charge in [0.2, 0.25) is 27.6 Å². The van der Waals surface area contributed by atoms with Crippen LogP contribution >= 0.6 is 0 Å². The van der Waals surface area contributed by atoms with Gasteiger partial charge in [0, 0.05) is 30.8 Å². The van der Waals surface area contributed by atoms with Crippen LogP contribution in [0.25, 0.3) is 5.65 Å². The number of hydrogen-bond donors (Lipinski definition) is 0. The summed E-state index contributed by atoms with van der Waals surface area (Å²) in [5.74, 6) is -2.03. The Balaban J connectivity index is 1.26. The molecular weight excluding hydrogens is 762 g/mol. The molecule has 0 amide bonds. The summed E-state index contributed by atoms with van der Waals surface area (Å²) in [5, 5.41) is 7.34. The Labute approximate surface area is 331 Å². The number of rotatable bonds is 10. The third-order valence-electron chi connectivity index (χ3n) is 11.3. The number of carbonyl (C=O) groups excluding carboxylic acids is 1. The van der Waals surface area contributed by atoms with Crippen LogP contribution in [0.5, 0.6) is 11.8 Å². The van der Waals surface area contributed by atoms with Crippen molar-refractivity contribution >= 4 is 21.6 Å². The Bertz CT molecular complexity index is 2310. The van der Waals surface area contributed by atoms with E-state index in [2.05, 4.69) is 20.1 Å². The molecule has 308 valence electrons. The van der Waals surface area contributed by atoms with Gasteiger partial charge in [0.15, 0.2) is 5.65 Å². The second kappa shape index (κ2) is 14.5. The molecule has 57 heavy (non-hydrogen) atoms. The summed E-state index contributed by atoms with van der Waals surface area (Å²) in [7, 11) is -4.13. The van der Waals surface area contributed by atoms with E-state index in [0.29, 0.717) is 53.1 Å². The second-order valence-corrected chi connectivity index (χ2v) is 19.2. The van der Waals surface area contributed by atoms with Crippen molar-refractivity contribution < 1.29 is 40.6 Å². The number of sulfonamides is 1. The lowest BCUT2D eigenvalue weighted by molar-refractivity contribution is -0.166. The van der Waals surface area contributed by atoms with Gasteiger partial charge in [0.25, 0.3) is 0 Å². The molecule has 0 unspecified atom stereocenters. The fourth-order valence-corrected chi connectivity index (χ4v) is 9.53. The first-order chi connectivity index (χ1) is 26.6. The van der Waals surface area contributed by atoms with E-state index in [4.69, 9.17) is 14.2 Å². The van der Waals surface area contributed by atoms with E-state index in [-0.39, 0.29) is 29.5 Å². The monoisotopic (exact) mass is 812 g/mol. The molecule has 7 rings (SSSR count). The number of hydrogen-bond acceptors (Lipinski definition) is 10. The number of nitrogens with zero attached hydrogens (tertiary/aromatic N) is 6. The van der Waals surface area contributed by atoms with Gasteiger partial charge in [-0.25, -0.2) is 8.42 Å². The molecule has 1 saturated carbocycles. The SMILES string of the molecule is Cc1ccc([C@H](c2ccn3c(C(F)(F)F)nnc3c2C)C(C)(C)C(=O)OC(C)(C)C)cc1CN1CC2(CC2)Oc2nc(OCCN3CCCC3)c(C)cc2S1(=O)=O. The van der Waals surface area contributed by atoms with Gasteiger partial charge in [-0.2, -0.15) is 22.5 Å². The molecule has 2 aliphatic heterocycles. The van der Waals surface area contributed by atoms with Crippen LogP contribution in [0, 0.1) is 26.2 Å². The molecule has 3 aromatic heterocycles. The zero-order valence-electron chi connectivity index (χ0n) is 33.8. The molecule has 5 heterocycles. The van der Waals surface area contributed by atoms with Crippen molar-refractivity contribution in [3.05, 3.63) is 75.7 Å². The number of pyridine rings is 2. The van der Waals surface area contributed by atoms with E-state index in [1.807, 2.05) is 25.1 Å². The second-order valence-electron chi connectivity index (χ2n) is 17.3. The highest BCUT2D eigenvalue weighted by Crippen LogP contribution is 2.48. The first-order valence-corrected chi connectivity index (χ1v) is 20.8. The molecule has 3 aliphatic rings. The minimum absolute atomic E-state index is 0.00356. The van der Waals surface area contributed by atoms with Crippen molar-refractivity contribution in [2.75, 3.05) is 32.8 Å². The van der Waals surface area contributed by atoms with Crippen molar-refractivity contribution in [2.45, 2.75) is 116 Å². The molecule has 0 radical (unpaired) electrons. The number of ether oxygens (including phenoxy) is 3. The zero-order valence-corrected chi connectivity index (χ0v) is 34.6. The average Bonchev–Trinajstić information content (AvgIpc) is 3.45. The third-order valence-corrected chi connectivity index (χ3v) is 13.1. The van der Waals surface area contributed by atoms with Crippen LogP contribution in [0.3, 0.4) is 0 Å². The molecule has 1 aromatic carbocycles. The standard InChI is InChI=1S/C41H51F3N6O6S/c1-25-11-12-28(32(39(7,8)37(51)56-38(4,5)6)30-13-18-50-33(27(30)3)46-47-36(50)41(42,43)44)22-29(25)23-49-24-40(14-15-40)55-35-31(57(49,52)53)21-26(2)34(45-35)54-20-19-48-16-9-10-17-48/h11-13,18,21-22,32H,9-10,14-17,19-20,23-24H2,1-8H3/t32-/m1/s1. The number of aromatic nitrogens is 4. The molecule has 0 N–H and O–H groups in total. The number of carbonyl (C=O) groups is 1. The third kappa shape index (κ3) is 8.09. The van der Waals surface area contributed by atoms with E-state index < -0.39 is 50.5 Å².